The van der Waals surface area contributed by atoms with Crippen LogP contribution in [0.2, 0.25) is 5.02 Å². The van der Waals surface area contributed by atoms with E-state index in [0.29, 0.717) is 5.02 Å². The fourth-order valence-corrected chi connectivity index (χ4v) is 2.75. The van der Waals surface area contributed by atoms with Crippen LogP contribution >= 0.6 is 11.6 Å². The van der Waals surface area contributed by atoms with Crippen molar-refractivity contribution in [3.05, 3.63) is 28.8 Å². The lowest BCUT2D eigenvalue weighted by Gasteiger charge is -2.21. The van der Waals surface area contributed by atoms with Crippen molar-refractivity contribution in [2.75, 3.05) is 0 Å². The largest absolute Gasteiger partial charge is 0.490 e. The highest BCUT2D eigenvalue weighted by molar-refractivity contribution is 6.30. The molecule has 2 atom stereocenters. The highest BCUT2D eigenvalue weighted by Gasteiger charge is 2.31. The minimum atomic E-state index is -0.747. The molecule has 2 unspecified atom stereocenters. The van der Waals surface area contributed by atoms with Crippen LogP contribution in [0.5, 0.6) is 5.75 Å². The molecule has 0 saturated heterocycles. The van der Waals surface area contributed by atoms with Gasteiger partial charge in [-0.15, -0.1) is 0 Å². The summed E-state index contributed by atoms with van der Waals surface area (Å²) < 4.78 is 5.95. The summed E-state index contributed by atoms with van der Waals surface area (Å²) in [5, 5.41) is 9.56. The van der Waals surface area contributed by atoms with Gasteiger partial charge in [-0.3, -0.25) is 4.79 Å². The Morgan fingerprint density at radius 1 is 1.50 bits per heavy atom. The van der Waals surface area contributed by atoms with E-state index < -0.39 is 5.97 Å². The monoisotopic (exact) mass is 268 g/mol. The molecular weight excluding hydrogens is 252 g/mol. The molecule has 3 nitrogen and oxygen atoms in total. The smallest absolute Gasteiger partial charge is 0.303 e. The summed E-state index contributed by atoms with van der Waals surface area (Å²) in [7, 11) is 0. The normalized spacial score (nSPS) is 23.0. The molecule has 0 bridgehead atoms. The molecule has 4 heteroatoms. The zero-order valence-electron chi connectivity index (χ0n) is 10.4. The van der Waals surface area contributed by atoms with Gasteiger partial charge in [0.25, 0.3) is 0 Å². The second-order valence-electron chi connectivity index (χ2n) is 4.85. The molecule has 0 aromatic heterocycles. The van der Waals surface area contributed by atoms with E-state index in [1.165, 1.54) is 0 Å². The Morgan fingerprint density at radius 2 is 2.28 bits per heavy atom. The number of carboxylic acids is 1. The molecule has 0 radical (unpaired) electrons. The molecule has 2 rings (SSSR count). The number of hydrogen-bond donors (Lipinski definition) is 1. The summed E-state index contributed by atoms with van der Waals surface area (Å²) in [5.41, 5.74) is 0.989. The third-order valence-corrected chi connectivity index (χ3v) is 3.68. The van der Waals surface area contributed by atoms with Gasteiger partial charge in [-0.05, 0) is 49.9 Å². The maximum atomic E-state index is 10.8. The van der Waals surface area contributed by atoms with Crippen LogP contribution in [-0.4, -0.2) is 17.2 Å². The third kappa shape index (κ3) is 3.16. The van der Waals surface area contributed by atoms with E-state index in [-0.39, 0.29) is 18.4 Å². The lowest BCUT2D eigenvalue weighted by molar-refractivity contribution is -0.138. The van der Waals surface area contributed by atoms with E-state index in [4.69, 9.17) is 21.4 Å². The highest BCUT2D eigenvalue weighted by atomic mass is 35.5. The minimum absolute atomic E-state index is 0.0148. The van der Waals surface area contributed by atoms with Gasteiger partial charge in [-0.1, -0.05) is 11.6 Å². The number of aryl methyl sites for hydroxylation is 1. The van der Waals surface area contributed by atoms with Crippen LogP contribution in [0.25, 0.3) is 0 Å². The van der Waals surface area contributed by atoms with Gasteiger partial charge < -0.3 is 9.84 Å². The Labute approximate surface area is 112 Å². The van der Waals surface area contributed by atoms with E-state index >= 15 is 0 Å². The predicted octanol–water partition coefficient (Wildman–Crippen LogP) is 3.67. The van der Waals surface area contributed by atoms with Gasteiger partial charge in [-0.25, -0.2) is 0 Å². The van der Waals surface area contributed by atoms with E-state index in [2.05, 4.69) is 0 Å². The van der Waals surface area contributed by atoms with Crippen molar-refractivity contribution >= 4 is 17.6 Å². The average molecular weight is 269 g/mol. The van der Waals surface area contributed by atoms with Crippen molar-refractivity contribution in [3.8, 4) is 5.75 Å². The second-order valence-corrected chi connectivity index (χ2v) is 5.29. The molecule has 1 saturated carbocycles. The number of hydrogen-bond acceptors (Lipinski definition) is 2. The van der Waals surface area contributed by atoms with Crippen LogP contribution in [0.1, 0.15) is 31.2 Å². The molecule has 1 fully saturated rings. The van der Waals surface area contributed by atoms with E-state index in [0.717, 1.165) is 30.6 Å². The zero-order chi connectivity index (χ0) is 13.1. The molecule has 1 aliphatic carbocycles. The van der Waals surface area contributed by atoms with Crippen molar-refractivity contribution in [3.63, 3.8) is 0 Å². The van der Waals surface area contributed by atoms with E-state index in [1.54, 1.807) is 6.07 Å². The fraction of sp³-hybridized carbons (Fsp3) is 0.500. The lowest BCUT2D eigenvalue weighted by Crippen LogP contribution is -2.24. The summed E-state index contributed by atoms with van der Waals surface area (Å²) in [6.45, 7) is 1.95. The van der Waals surface area contributed by atoms with Crippen LogP contribution < -0.4 is 4.74 Å². The molecular formula is C14H17ClO3. The zero-order valence-corrected chi connectivity index (χ0v) is 11.1. The first kappa shape index (κ1) is 13.2. The number of carbonyl (C=O) groups is 1. The van der Waals surface area contributed by atoms with Crippen LogP contribution in [0, 0.1) is 12.8 Å². The SMILES string of the molecule is Cc1cc(Cl)ccc1OC1CCCC1CC(=O)O. The van der Waals surface area contributed by atoms with Gasteiger partial charge in [0.15, 0.2) is 0 Å². The first-order valence-electron chi connectivity index (χ1n) is 6.21. The van der Waals surface area contributed by atoms with Gasteiger partial charge in [0.05, 0.1) is 6.42 Å². The molecule has 1 N–H and O–H groups in total. The Morgan fingerprint density at radius 3 is 2.94 bits per heavy atom. The molecule has 1 aromatic rings. The van der Waals surface area contributed by atoms with Gasteiger partial charge in [-0.2, -0.15) is 0 Å². The number of carboxylic acid groups (broad SMARTS) is 1. The second kappa shape index (κ2) is 5.61. The van der Waals surface area contributed by atoms with Crippen molar-refractivity contribution in [2.45, 2.75) is 38.7 Å². The van der Waals surface area contributed by atoms with Gasteiger partial charge in [0.2, 0.25) is 0 Å². The summed E-state index contributed by atoms with van der Waals surface area (Å²) in [6, 6.07) is 5.51. The maximum Gasteiger partial charge on any atom is 0.303 e. The van der Waals surface area contributed by atoms with Crippen LogP contribution in [0.4, 0.5) is 0 Å². The number of aliphatic carboxylic acids is 1. The predicted molar refractivity (Wildman–Crippen MR) is 70.2 cm³/mol. The molecule has 0 amide bonds. The quantitative estimate of drug-likeness (QED) is 0.906. The number of rotatable bonds is 4. The summed E-state index contributed by atoms with van der Waals surface area (Å²) in [5.74, 6) is 0.183. The number of benzene rings is 1. The molecule has 18 heavy (non-hydrogen) atoms. The molecule has 0 spiro atoms. The molecule has 0 heterocycles. The molecule has 0 aliphatic heterocycles. The molecule has 1 aliphatic rings. The lowest BCUT2D eigenvalue weighted by atomic mass is 10.0. The van der Waals surface area contributed by atoms with Gasteiger partial charge in [0.1, 0.15) is 11.9 Å². The number of halogens is 1. The Kier molecular flexibility index (Phi) is 4.12. The highest BCUT2D eigenvalue weighted by Crippen LogP contribution is 2.33. The van der Waals surface area contributed by atoms with Crippen molar-refractivity contribution in [1.82, 2.24) is 0 Å². The summed E-state index contributed by atoms with van der Waals surface area (Å²) in [4.78, 5) is 10.8. The Balaban J connectivity index is 2.05. The minimum Gasteiger partial charge on any atom is -0.490 e. The number of ether oxygens (including phenoxy) is 1. The van der Waals surface area contributed by atoms with Crippen LogP contribution in [0.3, 0.4) is 0 Å². The Hall–Kier alpha value is -1.22. The third-order valence-electron chi connectivity index (χ3n) is 3.44. The van der Waals surface area contributed by atoms with E-state index in [9.17, 15) is 4.79 Å². The summed E-state index contributed by atoms with van der Waals surface area (Å²) >= 11 is 5.90. The first-order valence-corrected chi connectivity index (χ1v) is 6.58. The standard InChI is InChI=1S/C14H17ClO3/c1-9-7-11(15)5-6-12(9)18-13-4-2-3-10(13)8-14(16)17/h5-7,10,13H,2-4,8H2,1H3,(H,16,17). The molecule has 98 valence electrons. The van der Waals surface area contributed by atoms with Crippen molar-refractivity contribution < 1.29 is 14.6 Å². The average Bonchev–Trinajstić information content (AvgIpc) is 2.69. The maximum absolute atomic E-state index is 10.8. The first-order chi connectivity index (χ1) is 8.56. The Bertz CT molecular complexity index is 445. The van der Waals surface area contributed by atoms with Gasteiger partial charge >= 0.3 is 5.97 Å². The van der Waals surface area contributed by atoms with Gasteiger partial charge in [0, 0.05) is 10.9 Å². The summed E-state index contributed by atoms with van der Waals surface area (Å²) in [6.07, 6.45) is 3.11. The van der Waals surface area contributed by atoms with E-state index in [1.807, 2.05) is 19.1 Å². The van der Waals surface area contributed by atoms with Crippen LogP contribution in [0.15, 0.2) is 18.2 Å². The van der Waals surface area contributed by atoms with Crippen molar-refractivity contribution in [1.29, 1.82) is 0 Å². The molecule has 1 aromatic carbocycles. The van der Waals surface area contributed by atoms with Crippen LogP contribution in [-0.2, 0) is 4.79 Å². The van der Waals surface area contributed by atoms with Crippen molar-refractivity contribution in [2.24, 2.45) is 5.92 Å². The fourth-order valence-electron chi connectivity index (χ4n) is 2.52. The topological polar surface area (TPSA) is 46.5 Å².